The van der Waals surface area contributed by atoms with Crippen molar-refractivity contribution >= 4 is 32.9 Å². The van der Waals surface area contributed by atoms with Crippen LogP contribution in [0.3, 0.4) is 0 Å². The molecular weight excluding hydrogens is 406 g/mol. The van der Waals surface area contributed by atoms with Crippen molar-refractivity contribution in [1.29, 1.82) is 0 Å². The van der Waals surface area contributed by atoms with E-state index in [4.69, 9.17) is 4.74 Å². The van der Waals surface area contributed by atoms with Crippen LogP contribution in [0.4, 0.5) is 11.5 Å². The van der Waals surface area contributed by atoms with Crippen molar-refractivity contribution in [2.24, 2.45) is 0 Å². The van der Waals surface area contributed by atoms with Crippen molar-refractivity contribution in [2.75, 3.05) is 35.4 Å². The van der Waals surface area contributed by atoms with Crippen LogP contribution in [0.2, 0.25) is 0 Å². The fraction of sp³-hybridized carbons (Fsp3) is 0.286. The van der Waals surface area contributed by atoms with Crippen molar-refractivity contribution in [1.82, 2.24) is 4.98 Å². The second-order valence-electron chi connectivity index (χ2n) is 6.68. The molecular formula is C21H23N3O3S2. The molecule has 3 heterocycles. The minimum absolute atomic E-state index is 0.0163. The first-order valence-electron chi connectivity index (χ1n) is 9.53. The number of hydrogen-bond donors (Lipinski definition) is 0. The number of benzene rings is 1. The second-order valence-corrected chi connectivity index (χ2v) is 9.52. The first-order valence-corrected chi connectivity index (χ1v) is 11.9. The van der Waals surface area contributed by atoms with Crippen molar-refractivity contribution in [3.05, 3.63) is 71.1 Å². The summed E-state index contributed by atoms with van der Waals surface area (Å²) < 4.78 is 33.5. The SMILES string of the molecule is CCN(c1ccccc1)S(=O)(=O)c1ccc(N2CCOC(c3cccs3)C2)nc1. The van der Waals surface area contributed by atoms with Gasteiger partial charge in [-0.2, -0.15) is 0 Å². The molecule has 1 fully saturated rings. The molecule has 152 valence electrons. The highest BCUT2D eigenvalue weighted by Crippen LogP contribution is 2.29. The zero-order valence-corrected chi connectivity index (χ0v) is 17.8. The summed E-state index contributed by atoms with van der Waals surface area (Å²) in [5, 5.41) is 2.04. The van der Waals surface area contributed by atoms with E-state index < -0.39 is 10.0 Å². The Morgan fingerprint density at radius 1 is 1.17 bits per heavy atom. The Labute approximate surface area is 175 Å². The molecule has 0 bridgehead atoms. The number of anilines is 2. The average Bonchev–Trinajstić information content (AvgIpc) is 3.30. The largest absolute Gasteiger partial charge is 0.369 e. The molecule has 29 heavy (non-hydrogen) atoms. The van der Waals surface area contributed by atoms with Crippen molar-refractivity contribution in [3.8, 4) is 0 Å². The smallest absolute Gasteiger partial charge is 0.265 e. The van der Waals surface area contributed by atoms with Crippen LogP contribution in [0.15, 0.2) is 71.1 Å². The number of morpholine rings is 1. The molecule has 0 radical (unpaired) electrons. The molecule has 1 aliphatic heterocycles. The predicted octanol–water partition coefficient (Wildman–Crippen LogP) is 3.94. The number of hydrogen-bond acceptors (Lipinski definition) is 6. The van der Waals surface area contributed by atoms with E-state index in [1.165, 1.54) is 15.4 Å². The topological polar surface area (TPSA) is 62.7 Å². The van der Waals surface area contributed by atoms with Crippen LogP contribution < -0.4 is 9.21 Å². The zero-order chi connectivity index (χ0) is 20.3. The molecule has 1 saturated heterocycles. The van der Waals surface area contributed by atoms with Crippen LogP contribution in [0.25, 0.3) is 0 Å². The van der Waals surface area contributed by atoms with Gasteiger partial charge in [0.2, 0.25) is 0 Å². The van der Waals surface area contributed by atoms with Gasteiger partial charge in [-0.15, -0.1) is 11.3 Å². The summed E-state index contributed by atoms with van der Waals surface area (Å²) in [5.74, 6) is 0.761. The van der Waals surface area contributed by atoms with Gasteiger partial charge in [0.15, 0.2) is 0 Å². The van der Waals surface area contributed by atoms with Crippen LogP contribution >= 0.6 is 11.3 Å². The van der Waals surface area contributed by atoms with Crippen molar-refractivity contribution < 1.29 is 13.2 Å². The van der Waals surface area contributed by atoms with E-state index in [0.717, 1.165) is 12.4 Å². The summed E-state index contributed by atoms with van der Waals surface area (Å²) in [5.41, 5.74) is 0.644. The quantitative estimate of drug-likeness (QED) is 0.594. The van der Waals surface area contributed by atoms with Gasteiger partial charge >= 0.3 is 0 Å². The molecule has 0 saturated carbocycles. The maximum Gasteiger partial charge on any atom is 0.265 e. The van der Waals surface area contributed by atoms with Gasteiger partial charge in [-0.05, 0) is 42.6 Å². The van der Waals surface area contributed by atoms with Gasteiger partial charge < -0.3 is 9.64 Å². The number of thiophene rings is 1. The molecule has 4 rings (SSSR count). The average molecular weight is 430 g/mol. The number of sulfonamides is 1. The van der Waals surface area contributed by atoms with Crippen LogP contribution in [-0.2, 0) is 14.8 Å². The summed E-state index contributed by atoms with van der Waals surface area (Å²) in [7, 11) is -3.67. The Morgan fingerprint density at radius 2 is 2.00 bits per heavy atom. The molecule has 0 aliphatic carbocycles. The highest BCUT2D eigenvalue weighted by atomic mass is 32.2. The van der Waals surface area contributed by atoms with Gasteiger partial charge in [0, 0.05) is 24.2 Å². The monoisotopic (exact) mass is 429 g/mol. The van der Waals surface area contributed by atoms with Gasteiger partial charge in [-0.3, -0.25) is 4.31 Å². The molecule has 0 amide bonds. The Morgan fingerprint density at radius 3 is 2.66 bits per heavy atom. The minimum Gasteiger partial charge on any atom is -0.369 e. The fourth-order valence-corrected chi connectivity index (χ4v) is 5.61. The number of rotatable bonds is 6. The molecule has 0 N–H and O–H groups in total. The Hall–Kier alpha value is -2.42. The Kier molecular flexibility index (Phi) is 5.84. The van der Waals surface area contributed by atoms with E-state index in [0.29, 0.717) is 25.4 Å². The number of pyridine rings is 1. The molecule has 1 atom stereocenters. The lowest BCUT2D eigenvalue weighted by molar-refractivity contribution is 0.0418. The summed E-state index contributed by atoms with van der Waals surface area (Å²) in [4.78, 5) is 7.98. The number of para-hydroxylation sites is 1. The first kappa shape index (κ1) is 19.9. The summed E-state index contributed by atoms with van der Waals surface area (Å²) in [6, 6.07) is 16.6. The summed E-state index contributed by atoms with van der Waals surface area (Å²) in [6.45, 7) is 4.21. The molecule has 1 aromatic carbocycles. The standard InChI is InChI=1S/C21H23N3O3S2/c1-2-24(17-7-4-3-5-8-17)29(25,26)18-10-11-21(22-15-18)23-12-13-27-19(16-23)20-9-6-14-28-20/h3-11,14-15,19H,2,12-13,16H2,1H3. The van der Waals surface area contributed by atoms with Gasteiger partial charge in [0.25, 0.3) is 10.0 Å². The number of ether oxygens (including phenoxy) is 1. The molecule has 2 aromatic heterocycles. The third-order valence-corrected chi connectivity index (χ3v) is 7.74. The maximum absolute atomic E-state index is 13.1. The van der Waals surface area contributed by atoms with Gasteiger partial charge in [-0.1, -0.05) is 24.3 Å². The summed E-state index contributed by atoms with van der Waals surface area (Å²) >= 11 is 1.68. The maximum atomic E-state index is 13.1. The second kappa shape index (κ2) is 8.52. The lowest BCUT2D eigenvalue weighted by Gasteiger charge is -2.33. The molecule has 1 unspecified atom stereocenters. The highest BCUT2D eigenvalue weighted by molar-refractivity contribution is 7.92. The molecule has 3 aromatic rings. The van der Waals surface area contributed by atoms with Crippen LogP contribution in [0.5, 0.6) is 0 Å². The lowest BCUT2D eigenvalue weighted by Crippen LogP contribution is -2.38. The number of aromatic nitrogens is 1. The molecule has 8 heteroatoms. The van der Waals surface area contributed by atoms with Crippen molar-refractivity contribution in [2.45, 2.75) is 17.9 Å². The Balaban J connectivity index is 1.54. The molecule has 0 spiro atoms. The van der Waals surface area contributed by atoms with E-state index >= 15 is 0 Å². The zero-order valence-electron chi connectivity index (χ0n) is 16.1. The first-order chi connectivity index (χ1) is 14.1. The van der Waals surface area contributed by atoms with Crippen LogP contribution in [0.1, 0.15) is 17.9 Å². The normalized spacial score (nSPS) is 17.3. The minimum atomic E-state index is -3.67. The molecule has 6 nitrogen and oxygen atoms in total. The van der Waals surface area contributed by atoms with Crippen molar-refractivity contribution in [3.63, 3.8) is 0 Å². The lowest BCUT2D eigenvalue weighted by atomic mass is 10.2. The van der Waals surface area contributed by atoms with E-state index in [9.17, 15) is 8.42 Å². The summed E-state index contributed by atoms with van der Waals surface area (Å²) in [6.07, 6.45) is 1.47. The van der Waals surface area contributed by atoms with Crippen LogP contribution in [0, 0.1) is 0 Å². The van der Waals surface area contributed by atoms with Crippen LogP contribution in [-0.4, -0.2) is 39.6 Å². The van der Waals surface area contributed by atoms with Gasteiger partial charge in [-0.25, -0.2) is 13.4 Å². The highest BCUT2D eigenvalue weighted by Gasteiger charge is 2.26. The van der Waals surface area contributed by atoms with E-state index in [2.05, 4.69) is 16.0 Å². The van der Waals surface area contributed by atoms with Gasteiger partial charge in [0.05, 0.1) is 18.8 Å². The number of nitrogens with zero attached hydrogens (tertiary/aromatic N) is 3. The fourth-order valence-electron chi connectivity index (χ4n) is 3.43. The van der Waals surface area contributed by atoms with E-state index in [1.54, 1.807) is 35.6 Å². The van der Waals surface area contributed by atoms with E-state index in [1.807, 2.05) is 36.6 Å². The third kappa shape index (κ3) is 4.14. The third-order valence-electron chi connectivity index (χ3n) is 4.89. The predicted molar refractivity (Wildman–Crippen MR) is 116 cm³/mol. The van der Waals surface area contributed by atoms with E-state index in [-0.39, 0.29) is 11.0 Å². The van der Waals surface area contributed by atoms with Gasteiger partial charge in [0.1, 0.15) is 16.8 Å². The Bertz CT molecular complexity index is 1020. The molecule has 1 aliphatic rings.